The number of H-pyrrole nitrogens is 1. The molecule has 1 aromatic carbocycles. The highest BCUT2D eigenvalue weighted by Gasteiger charge is 2.28. The average Bonchev–Trinajstić information content (AvgIpc) is 3.08. The maximum absolute atomic E-state index is 12.8. The van der Waals surface area contributed by atoms with E-state index in [4.69, 9.17) is 9.47 Å². The van der Waals surface area contributed by atoms with Gasteiger partial charge >= 0.3 is 5.97 Å². The fraction of sp³-hybridized carbons (Fsp3) is 0.409. The molecule has 33 heavy (non-hydrogen) atoms. The molecule has 0 bridgehead atoms. The summed E-state index contributed by atoms with van der Waals surface area (Å²) in [4.78, 5) is 39.8. The average molecular weight is 478 g/mol. The van der Waals surface area contributed by atoms with Crippen LogP contribution in [0.25, 0.3) is 0 Å². The van der Waals surface area contributed by atoms with Crippen molar-refractivity contribution in [1.29, 1.82) is 0 Å². The van der Waals surface area contributed by atoms with Gasteiger partial charge in [-0.1, -0.05) is 6.07 Å². The molecule has 3 rings (SSSR count). The van der Waals surface area contributed by atoms with Crippen LogP contribution in [0.5, 0.6) is 0 Å². The molecular formula is C22H27N3O7S. The molecule has 1 aliphatic rings. The Labute approximate surface area is 192 Å². The van der Waals surface area contributed by atoms with Gasteiger partial charge in [0.2, 0.25) is 10.0 Å². The summed E-state index contributed by atoms with van der Waals surface area (Å²) in [5, 5.41) is 2.58. The molecule has 10 nitrogen and oxygen atoms in total. The number of ether oxygens (including phenoxy) is 2. The maximum Gasteiger partial charge on any atom is 0.355 e. The molecule has 0 spiro atoms. The van der Waals surface area contributed by atoms with E-state index in [1.165, 1.54) is 36.4 Å². The van der Waals surface area contributed by atoms with Gasteiger partial charge in [0.25, 0.3) is 5.91 Å². The number of amides is 1. The van der Waals surface area contributed by atoms with Crippen molar-refractivity contribution in [1.82, 2.24) is 9.29 Å². The Bertz CT molecular complexity index is 1180. The molecule has 1 aromatic heterocycles. The van der Waals surface area contributed by atoms with Crippen molar-refractivity contribution in [3.8, 4) is 0 Å². The van der Waals surface area contributed by atoms with Crippen LogP contribution < -0.4 is 5.32 Å². The first-order valence-electron chi connectivity index (χ1n) is 10.4. The van der Waals surface area contributed by atoms with Crippen LogP contribution >= 0.6 is 0 Å². The topological polar surface area (TPSA) is 135 Å². The van der Waals surface area contributed by atoms with Crippen LogP contribution in [0, 0.1) is 13.8 Å². The second-order valence-corrected chi connectivity index (χ2v) is 9.70. The quantitative estimate of drug-likeness (QED) is 0.460. The standard InChI is InChI=1S/C22H27N3O7S/c1-13-19(15(3)26)14(2)23-20(13)22(28)32-16(4)21(27)24-17-6-5-7-18(12-17)33(29,30)25-8-10-31-11-9-25/h5-7,12,16,23H,8-11H2,1-4H3,(H,24,27)/t16-/m0/s1. The number of Topliss-reactive ketones (excluding diaryl/α,β-unsaturated/α-hetero) is 1. The molecular weight excluding hydrogens is 450 g/mol. The number of rotatable bonds is 7. The van der Waals surface area contributed by atoms with Crippen molar-refractivity contribution < 1.29 is 32.3 Å². The number of nitrogens with zero attached hydrogens (tertiary/aromatic N) is 1. The molecule has 0 saturated carbocycles. The predicted molar refractivity (Wildman–Crippen MR) is 120 cm³/mol. The largest absolute Gasteiger partial charge is 0.448 e. The van der Waals surface area contributed by atoms with Gasteiger partial charge in [0, 0.05) is 30.0 Å². The van der Waals surface area contributed by atoms with E-state index in [1.807, 2.05) is 0 Å². The van der Waals surface area contributed by atoms with Crippen LogP contribution in [0.2, 0.25) is 0 Å². The zero-order valence-corrected chi connectivity index (χ0v) is 19.7. The van der Waals surface area contributed by atoms with Gasteiger partial charge in [0.1, 0.15) is 5.69 Å². The van der Waals surface area contributed by atoms with Gasteiger partial charge in [-0.05, 0) is 51.5 Å². The summed E-state index contributed by atoms with van der Waals surface area (Å²) < 4.78 is 37.5. The monoisotopic (exact) mass is 477 g/mol. The lowest BCUT2D eigenvalue weighted by Gasteiger charge is -2.26. The molecule has 11 heteroatoms. The molecule has 1 amide bonds. The molecule has 2 heterocycles. The van der Waals surface area contributed by atoms with Gasteiger partial charge in [-0.25, -0.2) is 13.2 Å². The van der Waals surface area contributed by atoms with Crippen LogP contribution in [0.3, 0.4) is 0 Å². The van der Waals surface area contributed by atoms with E-state index < -0.39 is 28.0 Å². The van der Waals surface area contributed by atoms with Gasteiger partial charge < -0.3 is 19.8 Å². The Morgan fingerprint density at radius 3 is 2.45 bits per heavy atom. The first kappa shape index (κ1) is 24.6. The Morgan fingerprint density at radius 1 is 1.18 bits per heavy atom. The molecule has 178 valence electrons. The van der Waals surface area contributed by atoms with Gasteiger partial charge in [-0.15, -0.1) is 0 Å². The number of morpholine rings is 1. The van der Waals surface area contributed by atoms with Crippen LogP contribution in [0.4, 0.5) is 5.69 Å². The van der Waals surface area contributed by atoms with E-state index >= 15 is 0 Å². The number of esters is 1. The summed E-state index contributed by atoms with van der Waals surface area (Å²) in [6.07, 6.45) is -1.17. The number of carbonyl (C=O) groups is 3. The zero-order chi connectivity index (χ0) is 24.3. The predicted octanol–water partition coefficient (Wildman–Crippen LogP) is 2.04. The third-order valence-electron chi connectivity index (χ3n) is 5.36. The molecule has 2 aromatic rings. The van der Waals surface area contributed by atoms with E-state index in [9.17, 15) is 22.8 Å². The van der Waals surface area contributed by atoms with Crippen molar-refractivity contribution in [2.75, 3.05) is 31.6 Å². The lowest BCUT2D eigenvalue weighted by molar-refractivity contribution is -0.123. The third kappa shape index (κ3) is 5.32. The number of aryl methyl sites for hydroxylation is 1. The fourth-order valence-corrected chi connectivity index (χ4v) is 5.12. The minimum Gasteiger partial charge on any atom is -0.448 e. The van der Waals surface area contributed by atoms with Gasteiger partial charge in [0.15, 0.2) is 11.9 Å². The lowest BCUT2D eigenvalue weighted by Crippen LogP contribution is -2.40. The fourth-order valence-electron chi connectivity index (χ4n) is 3.67. The Morgan fingerprint density at radius 2 is 1.85 bits per heavy atom. The molecule has 0 radical (unpaired) electrons. The van der Waals surface area contributed by atoms with E-state index in [1.54, 1.807) is 19.9 Å². The normalized spacial score (nSPS) is 15.6. The van der Waals surface area contributed by atoms with Crippen LogP contribution in [-0.4, -0.2) is 67.8 Å². The highest BCUT2D eigenvalue weighted by molar-refractivity contribution is 7.89. The highest BCUT2D eigenvalue weighted by Crippen LogP contribution is 2.22. The van der Waals surface area contributed by atoms with Crippen molar-refractivity contribution >= 4 is 33.4 Å². The zero-order valence-electron chi connectivity index (χ0n) is 18.9. The summed E-state index contributed by atoms with van der Waals surface area (Å²) in [5.41, 5.74) is 1.78. The summed E-state index contributed by atoms with van der Waals surface area (Å²) in [6.45, 7) is 7.28. The van der Waals surface area contributed by atoms with Crippen LogP contribution in [-0.2, 0) is 24.3 Å². The second kappa shape index (κ2) is 9.86. The van der Waals surface area contributed by atoms with Crippen molar-refractivity contribution in [3.63, 3.8) is 0 Å². The molecule has 1 fully saturated rings. The van der Waals surface area contributed by atoms with E-state index in [0.29, 0.717) is 30.0 Å². The number of hydrogen-bond acceptors (Lipinski definition) is 7. The summed E-state index contributed by atoms with van der Waals surface area (Å²) in [7, 11) is -3.72. The van der Waals surface area contributed by atoms with Crippen molar-refractivity contribution in [2.24, 2.45) is 0 Å². The molecule has 1 atom stereocenters. The number of hydrogen-bond donors (Lipinski definition) is 2. The molecule has 1 saturated heterocycles. The van der Waals surface area contributed by atoms with Crippen LogP contribution in [0.15, 0.2) is 29.2 Å². The van der Waals surface area contributed by atoms with Gasteiger partial charge in [-0.2, -0.15) is 4.31 Å². The second-order valence-electron chi connectivity index (χ2n) is 7.76. The number of benzene rings is 1. The van der Waals surface area contributed by atoms with Crippen molar-refractivity contribution in [2.45, 2.75) is 38.7 Å². The minimum atomic E-state index is -3.72. The Hall–Kier alpha value is -3.02. The van der Waals surface area contributed by atoms with Gasteiger partial charge in [-0.3, -0.25) is 9.59 Å². The number of anilines is 1. The van der Waals surface area contributed by atoms with Crippen LogP contribution in [0.1, 0.15) is 46.0 Å². The number of sulfonamides is 1. The van der Waals surface area contributed by atoms with E-state index in [2.05, 4.69) is 10.3 Å². The van der Waals surface area contributed by atoms with E-state index in [0.717, 1.165) is 0 Å². The first-order valence-corrected chi connectivity index (χ1v) is 11.9. The Balaban J connectivity index is 1.69. The smallest absolute Gasteiger partial charge is 0.355 e. The molecule has 1 aliphatic heterocycles. The maximum atomic E-state index is 12.8. The number of aromatic nitrogens is 1. The first-order chi connectivity index (χ1) is 15.5. The summed E-state index contributed by atoms with van der Waals surface area (Å²) in [6, 6.07) is 5.87. The van der Waals surface area contributed by atoms with Crippen molar-refractivity contribution in [3.05, 3.63) is 46.8 Å². The number of ketones is 1. The number of carbonyl (C=O) groups excluding carboxylic acids is 3. The molecule has 0 aliphatic carbocycles. The SMILES string of the molecule is CC(=O)c1c(C)[nH]c(C(=O)O[C@@H](C)C(=O)Nc2cccc(S(=O)(=O)N3CCOCC3)c2)c1C. The molecule has 0 unspecified atom stereocenters. The summed E-state index contributed by atoms with van der Waals surface area (Å²) in [5.74, 6) is -1.58. The lowest BCUT2D eigenvalue weighted by atomic mass is 10.1. The Kier molecular flexibility index (Phi) is 7.35. The highest BCUT2D eigenvalue weighted by atomic mass is 32.2. The molecule has 2 N–H and O–H groups in total. The summed E-state index contributed by atoms with van der Waals surface area (Å²) >= 11 is 0. The van der Waals surface area contributed by atoms with Gasteiger partial charge in [0.05, 0.1) is 18.1 Å². The number of nitrogens with one attached hydrogen (secondary N) is 2. The van der Waals surface area contributed by atoms with E-state index in [-0.39, 0.29) is 35.1 Å². The minimum absolute atomic E-state index is 0.0427. The number of aromatic amines is 1. The third-order valence-corrected chi connectivity index (χ3v) is 7.25.